The van der Waals surface area contributed by atoms with E-state index in [2.05, 4.69) is 10.1 Å². The fraction of sp³-hybridized carbons (Fsp3) is 0.818. The molecule has 7 nitrogen and oxygen atoms in total. The minimum absolute atomic E-state index is 0.00622. The second-order valence-electron chi connectivity index (χ2n) is 4.35. The van der Waals surface area contributed by atoms with E-state index < -0.39 is 0 Å². The highest BCUT2D eigenvalue weighted by molar-refractivity contribution is 5.81. The molecular weight excluding hydrogens is 238 g/mol. The second-order valence-corrected chi connectivity index (χ2v) is 4.35. The minimum Gasteiger partial charge on any atom is -0.453 e. The molecule has 0 radical (unpaired) electrons. The van der Waals surface area contributed by atoms with Crippen molar-refractivity contribution in [2.45, 2.75) is 6.10 Å². The molecule has 1 atom stereocenters. The number of hydrogen-bond acceptors (Lipinski definition) is 5. The molecule has 0 aromatic carbocycles. The summed E-state index contributed by atoms with van der Waals surface area (Å²) in [5, 5.41) is 3.13. The Balaban J connectivity index is 1.81. The van der Waals surface area contributed by atoms with Gasteiger partial charge in [-0.1, -0.05) is 0 Å². The molecule has 18 heavy (non-hydrogen) atoms. The molecule has 2 fully saturated rings. The monoisotopic (exact) mass is 257 g/mol. The molecule has 0 aromatic heterocycles. The first-order chi connectivity index (χ1) is 8.72. The molecule has 1 N–H and O–H groups in total. The molecule has 2 aliphatic rings. The molecule has 0 spiro atoms. The summed E-state index contributed by atoms with van der Waals surface area (Å²) in [4.78, 5) is 26.8. The smallest absolute Gasteiger partial charge is 0.409 e. The summed E-state index contributed by atoms with van der Waals surface area (Å²) in [5.41, 5.74) is 0. The Kier molecular flexibility index (Phi) is 4.38. The predicted molar refractivity (Wildman–Crippen MR) is 63.2 cm³/mol. The lowest BCUT2D eigenvalue weighted by Gasteiger charge is -2.36. The number of rotatable bonds is 1. The van der Waals surface area contributed by atoms with Gasteiger partial charge in [-0.15, -0.1) is 0 Å². The zero-order valence-corrected chi connectivity index (χ0v) is 10.6. The van der Waals surface area contributed by atoms with Crippen LogP contribution >= 0.6 is 0 Å². The van der Waals surface area contributed by atoms with Gasteiger partial charge in [0.25, 0.3) is 5.91 Å². The Labute approximate surface area is 106 Å². The second kappa shape index (κ2) is 6.01. The van der Waals surface area contributed by atoms with Crippen molar-refractivity contribution in [2.75, 3.05) is 53.0 Å². The van der Waals surface area contributed by atoms with E-state index in [-0.39, 0.29) is 18.1 Å². The number of nitrogens with zero attached hydrogens (tertiary/aromatic N) is 2. The third-order valence-corrected chi connectivity index (χ3v) is 3.23. The summed E-state index contributed by atoms with van der Waals surface area (Å²) < 4.78 is 10.1. The van der Waals surface area contributed by atoms with Crippen LogP contribution in [0.5, 0.6) is 0 Å². The van der Waals surface area contributed by atoms with Gasteiger partial charge in [0.2, 0.25) is 0 Å². The van der Waals surface area contributed by atoms with Crippen LogP contribution in [0.1, 0.15) is 0 Å². The maximum atomic E-state index is 12.1. The highest BCUT2D eigenvalue weighted by atomic mass is 16.5. The zero-order chi connectivity index (χ0) is 13.0. The Morgan fingerprint density at radius 3 is 2.44 bits per heavy atom. The molecule has 2 saturated heterocycles. The quantitative estimate of drug-likeness (QED) is 0.644. The zero-order valence-electron chi connectivity index (χ0n) is 10.6. The van der Waals surface area contributed by atoms with Crippen molar-refractivity contribution in [3.63, 3.8) is 0 Å². The van der Waals surface area contributed by atoms with Crippen molar-refractivity contribution in [3.05, 3.63) is 0 Å². The first-order valence-electron chi connectivity index (χ1n) is 6.16. The van der Waals surface area contributed by atoms with Crippen LogP contribution in [0.2, 0.25) is 0 Å². The molecule has 102 valence electrons. The summed E-state index contributed by atoms with van der Waals surface area (Å²) in [7, 11) is 1.36. The molecule has 7 heteroatoms. The summed E-state index contributed by atoms with van der Waals surface area (Å²) in [6, 6.07) is 0. The van der Waals surface area contributed by atoms with Gasteiger partial charge in [0, 0.05) is 39.3 Å². The first-order valence-corrected chi connectivity index (χ1v) is 6.16. The van der Waals surface area contributed by atoms with Crippen molar-refractivity contribution >= 4 is 12.0 Å². The van der Waals surface area contributed by atoms with Gasteiger partial charge >= 0.3 is 6.09 Å². The van der Waals surface area contributed by atoms with E-state index in [0.717, 1.165) is 6.54 Å². The Morgan fingerprint density at radius 2 is 1.89 bits per heavy atom. The maximum Gasteiger partial charge on any atom is 0.409 e. The number of ether oxygens (including phenoxy) is 2. The third-order valence-electron chi connectivity index (χ3n) is 3.23. The number of amides is 2. The molecule has 2 aliphatic heterocycles. The van der Waals surface area contributed by atoms with Crippen molar-refractivity contribution in [1.82, 2.24) is 15.1 Å². The van der Waals surface area contributed by atoms with E-state index >= 15 is 0 Å². The van der Waals surface area contributed by atoms with E-state index in [1.165, 1.54) is 7.11 Å². The molecule has 0 aromatic rings. The number of piperazine rings is 1. The number of morpholine rings is 1. The largest absolute Gasteiger partial charge is 0.453 e. The Bertz CT molecular complexity index is 309. The highest BCUT2D eigenvalue weighted by Crippen LogP contribution is 2.08. The van der Waals surface area contributed by atoms with Gasteiger partial charge in [-0.05, 0) is 0 Å². The summed E-state index contributed by atoms with van der Waals surface area (Å²) in [5.74, 6) is 0.00622. The van der Waals surface area contributed by atoms with Gasteiger partial charge in [-0.3, -0.25) is 4.79 Å². The average molecular weight is 257 g/mol. The fourth-order valence-corrected chi connectivity index (χ4v) is 2.17. The SMILES string of the molecule is COC(=O)N1CCN(C(=O)C2CNCCO2)CC1. The summed E-state index contributed by atoms with van der Waals surface area (Å²) in [6.45, 7) is 4.02. The van der Waals surface area contributed by atoms with Crippen molar-refractivity contribution in [3.8, 4) is 0 Å². The minimum atomic E-state index is -0.386. The van der Waals surface area contributed by atoms with Crippen molar-refractivity contribution < 1.29 is 19.1 Å². The Morgan fingerprint density at radius 1 is 1.22 bits per heavy atom. The lowest BCUT2D eigenvalue weighted by Crippen LogP contribution is -2.55. The van der Waals surface area contributed by atoms with E-state index in [1.54, 1.807) is 9.80 Å². The fourth-order valence-electron chi connectivity index (χ4n) is 2.17. The normalized spacial score (nSPS) is 24.8. The van der Waals surface area contributed by atoms with Crippen molar-refractivity contribution in [2.24, 2.45) is 0 Å². The van der Waals surface area contributed by atoms with E-state index in [0.29, 0.717) is 39.3 Å². The van der Waals surface area contributed by atoms with E-state index in [4.69, 9.17) is 4.74 Å². The number of nitrogens with one attached hydrogen (secondary N) is 1. The van der Waals surface area contributed by atoms with Crippen LogP contribution < -0.4 is 5.32 Å². The van der Waals surface area contributed by atoms with Gasteiger partial charge in [0.05, 0.1) is 13.7 Å². The summed E-state index contributed by atoms with van der Waals surface area (Å²) >= 11 is 0. The lowest BCUT2D eigenvalue weighted by molar-refractivity contribution is -0.146. The first kappa shape index (κ1) is 13.1. The molecule has 1 unspecified atom stereocenters. The number of carbonyl (C=O) groups excluding carboxylic acids is 2. The van der Waals surface area contributed by atoms with Crippen molar-refractivity contribution in [1.29, 1.82) is 0 Å². The molecule has 0 saturated carbocycles. The molecule has 0 bridgehead atoms. The lowest BCUT2D eigenvalue weighted by atomic mass is 10.2. The van der Waals surface area contributed by atoms with Gasteiger partial charge in [0.15, 0.2) is 0 Å². The van der Waals surface area contributed by atoms with Gasteiger partial charge < -0.3 is 24.6 Å². The molecule has 0 aliphatic carbocycles. The molecule has 2 amide bonds. The summed E-state index contributed by atoms with van der Waals surface area (Å²) in [6.07, 6.45) is -0.721. The molecular formula is C11H19N3O4. The van der Waals surface area contributed by atoms with Crippen LogP contribution in [-0.2, 0) is 14.3 Å². The van der Waals surface area contributed by atoms with Crippen LogP contribution in [0, 0.1) is 0 Å². The Hall–Kier alpha value is -1.34. The molecule has 2 rings (SSSR count). The number of hydrogen-bond donors (Lipinski definition) is 1. The van der Waals surface area contributed by atoms with Crippen LogP contribution in [0.4, 0.5) is 4.79 Å². The number of methoxy groups -OCH3 is 1. The number of carbonyl (C=O) groups is 2. The highest BCUT2D eigenvalue weighted by Gasteiger charge is 2.30. The van der Waals surface area contributed by atoms with Gasteiger partial charge in [-0.2, -0.15) is 0 Å². The predicted octanol–water partition coefficient (Wildman–Crippen LogP) is -1.11. The standard InChI is InChI=1S/C11H19N3O4/c1-17-11(16)14-5-3-13(4-6-14)10(15)9-8-12-2-7-18-9/h9,12H,2-8H2,1H3. The van der Waals surface area contributed by atoms with Crippen LogP contribution in [-0.4, -0.2) is 80.9 Å². The topological polar surface area (TPSA) is 71.1 Å². The van der Waals surface area contributed by atoms with E-state index in [1.807, 2.05) is 0 Å². The van der Waals surface area contributed by atoms with Crippen LogP contribution in [0.25, 0.3) is 0 Å². The van der Waals surface area contributed by atoms with E-state index in [9.17, 15) is 9.59 Å². The van der Waals surface area contributed by atoms with Crippen LogP contribution in [0.15, 0.2) is 0 Å². The van der Waals surface area contributed by atoms with Gasteiger partial charge in [-0.25, -0.2) is 4.79 Å². The van der Waals surface area contributed by atoms with Crippen LogP contribution in [0.3, 0.4) is 0 Å². The molecule has 2 heterocycles. The maximum absolute atomic E-state index is 12.1. The average Bonchev–Trinajstić information content (AvgIpc) is 2.47. The van der Waals surface area contributed by atoms with Gasteiger partial charge in [0.1, 0.15) is 6.10 Å². The third kappa shape index (κ3) is 2.91.